The minimum absolute atomic E-state index is 0.0160. The summed E-state index contributed by atoms with van der Waals surface area (Å²) in [4.78, 5) is 23.6. The molecule has 0 spiro atoms. The minimum Gasteiger partial charge on any atom is -0.506 e. The zero-order chi connectivity index (χ0) is 22.1. The fourth-order valence-electron chi connectivity index (χ4n) is 2.81. The van der Waals surface area contributed by atoms with Gasteiger partial charge in [0.05, 0.1) is 4.47 Å². The molecule has 4 N–H and O–H groups in total. The highest BCUT2D eigenvalue weighted by Crippen LogP contribution is 2.40. The highest BCUT2D eigenvalue weighted by Gasteiger charge is 2.27. The molecule has 2 rings (SSSR count). The maximum absolute atomic E-state index is 12.5. The number of rotatable bonds is 8. The summed E-state index contributed by atoms with van der Waals surface area (Å²) in [6, 6.07) is 12.3. The second kappa shape index (κ2) is 11.7. The lowest BCUT2D eigenvalue weighted by Crippen LogP contribution is -2.22. The summed E-state index contributed by atoms with van der Waals surface area (Å²) in [5, 5.41) is 21.8. The lowest BCUT2D eigenvalue weighted by molar-refractivity contribution is -0.124. The molecule has 2 atom stereocenters. The number of hydrogen-bond acceptors (Lipinski definition) is 5. The molecule has 0 heterocycles. The number of carbonyl (C=O) groups excluding carboxylic acids is 2. The standard InChI is InChI=1S/C21H22Br2N2O5/c1-13(7-5-6-10-18(26)25-29)20(16-11-14(22)12-17(23)19(16)27)30-21(28)24-15-8-3-2-4-9-15/h2-4,6,8-13,20,27,29H,5,7H2,1H3,(H,24,28)(H,25,26)/b10-6+/t13-,20-/m0/s1. The van der Waals surface area contributed by atoms with Crippen LogP contribution in [0.1, 0.15) is 31.4 Å². The summed E-state index contributed by atoms with van der Waals surface area (Å²) >= 11 is 6.70. The normalized spacial score (nSPS) is 12.9. The Morgan fingerprint density at radius 2 is 1.90 bits per heavy atom. The molecule has 0 saturated heterocycles. The first-order chi connectivity index (χ1) is 14.3. The molecule has 30 heavy (non-hydrogen) atoms. The van der Waals surface area contributed by atoms with E-state index >= 15 is 0 Å². The van der Waals surface area contributed by atoms with Crippen molar-refractivity contribution in [1.82, 2.24) is 5.48 Å². The van der Waals surface area contributed by atoms with Crippen molar-refractivity contribution in [2.24, 2.45) is 5.92 Å². The molecule has 0 aromatic heterocycles. The van der Waals surface area contributed by atoms with Crippen LogP contribution in [0, 0.1) is 5.92 Å². The monoisotopic (exact) mass is 540 g/mol. The van der Waals surface area contributed by atoms with E-state index in [0.29, 0.717) is 33.0 Å². The Bertz CT molecular complexity index is 906. The summed E-state index contributed by atoms with van der Waals surface area (Å²) in [5.41, 5.74) is 2.56. The van der Waals surface area contributed by atoms with Crippen LogP contribution in [0.2, 0.25) is 0 Å². The predicted molar refractivity (Wildman–Crippen MR) is 120 cm³/mol. The van der Waals surface area contributed by atoms with Crippen molar-refractivity contribution in [3.05, 3.63) is 69.1 Å². The van der Waals surface area contributed by atoms with Gasteiger partial charge in [0, 0.05) is 21.8 Å². The van der Waals surface area contributed by atoms with Crippen LogP contribution in [-0.4, -0.2) is 22.3 Å². The van der Waals surface area contributed by atoms with Crippen LogP contribution >= 0.6 is 31.9 Å². The van der Waals surface area contributed by atoms with Gasteiger partial charge < -0.3 is 9.84 Å². The third-order valence-corrected chi connectivity index (χ3v) is 5.37. The second-order valence-corrected chi connectivity index (χ2v) is 8.35. The number of aromatic hydroxyl groups is 1. The van der Waals surface area contributed by atoms with E-state index in [0.717, 1.165) is 0 Å². The zero-order valence-electron chi connectivity index (χ0n) is 16.1. The second-order valence-electron chi connectivity index (χ2n) is 6.58. The number of amides is 2. The Morgan fingerprint density at radius 3 is 2.57 bits per heavy atom. The number of carbonyl (C=O) groups is 2. The van der Waals surface area contributed by atoms with Crippen molar-refractivity contribution in [3.8, 4) is 5.75 Å². The summed E-state index contributed by atoms with van der Waals surface area (Å²) in [6.07, 6.45) is 2.50. The van der Waals surface area contributed by atoms with E-state index in [-0.39, 0.29) is 11.7 Å². The lowest BCUT2D eigenvalue weighted by atomic mass is 9.92. The van der Waals surface area contributed by atoms with Crippen LogP contribution in [0.15, 0.2) is 63.6 Å². The van der Waals surface area contributed by atoms with E-state index in [2.05, 4.69) is 37.2 Å². The molecule has 0 fully saturated rings. The predicted octanol–water partition coefficient (Wildman–Crippen LogP) is 5.68. The maximum Gasteiger partial charge on any atom is 0.412 e. The smallest absolute Gasteiger partial charge is 0.412 e. The number of benzene rings is 2. The van der Waals surface area contributed by atoms with Crippen LogP contribution in [-0.2, 0) is 9.53 Å². The van der Waals surface area contributed by atoms with Crippen molar-refractivity contribution < 1.29 is 24.6 Å². The fourth-order valence-corrected chi connectivity index (χ4v) is 4.07. The minimum atomic E-state index is -0.748. The Hall–Kier alpha value is -2.36. The third kappa shape index (κ3) is 7.16. The largest absolute Gasteiger partial charge is 0.506 e. The average Bonchev–Trinajstić information content (AvgIpc) is 2.72. The summed E-state index contributed by atoms with van der Waals surface area (Å²) < 4.78 is 6.88. The topological polar surface area (TPSA) is 108 Å². The molecule has 2 aromatic carbocycles. The molecule has 0 aliphatic carbocycles. The van der Waals surface area contributed by atoms with Gasteiger partial charge in [-0.05, 0) is 59.0 Å². The first-order valence-corrected chi connectivity index (χ1v) is 10.7. The van der Waals surface area contributed by atoms with Crippen molar-refractivity contribution in [3.63, 3.8) is 0 Å². The van der Waals surface area contributed by atoms with Gasteiger partial charge in [-0.2, -0.15) is 0 Å². The number of hydrogen-bond donors (Lipinski definition) is 4. The number of phenols is 1. The number of halogens is 2. The van der Waals surface area contributed by atoms with E-state index in [9.17, 15) is 14.7 Å². The van der Waals surface area contributed by atoms with Crippen molar-refractivity contribution >= 4 is 49.5 Å². The van der Waals surface area contributed by atoms with Gasteiger partial charge in [-0.25, -0.2) is 10.3 Å². The average molecular weight is 542 g/mol. The maximum atomic E-state index is 12.5. The number of allylic oxidation sites excluding steroid dienone is 1. The van der Waals surface area contributed by atoms with Gasteiger partial charge in [-0.1, -0.05) is 47.1 Å². The van der Waals surface area contributed by atoms with Gasteiger partial charge in [-0.15, -0.1) is 0 Å². The van der Waals surface area contributed by atoms with E-state index < -0.39 is 18.1 Å². The first kappa shape index (κ1) is 23.9. The molecule has 0 saturated carbocycles. The van der Waals surface area contributed by atoms with Crippen LogP contribution in [0.25, 0.3) is 0 Å². The fraction of sp³-hybridized carbons (Fsp3) is 0.238. The van der Waals surface area contributed by atoms with E-state index in [1.54, 1.807) is 42.5 Å². The summed E-state index contributed by atoms with van der Waals surface area (Å²) in [6.45, 7) is 1.88. The van der Waals surface area contributed by atoms with Crippen molar-refractivity contribution in [2.75, 3.05) is 5.32 Å². The van der Waals surface area contributed by atoms with Gasteiger partial charge in [-0.3, -0.25) is 15.3 Å². The summed E-state index contributed by atoms with van der Waals surface area (Å²) in [5.74, 6) is -0.829. The molecule has 0 unspecified atom stereocenters. The molecular formula is C21H22Br2N2O5. The summed E-state index contributed by atoms with van der Waals surface area (Å²) in [7, 11) is 0. The first-order valence-electron chi connectivity index (χ1n) is 9.13. The van der Waals surface area contributed by atoms with Crippen molar-refractivity contribution in [2.45, 2.75) is 25.9 Å². The quantitative estimate of drug-likeness (QED) is 0.195. The number of anilines is 1. The molecule has 2 amide bonds. The van der Waals surface area contributed by atoms with E-state index in [1.807, 2.05) is 13.0 Å². The number of para-hydroxylation sites is 1. The van der Waals surface area contributed by atoms with Crippen molar-refractivity contribution in [1.29, 1.82) is 0 Å². The number of phenolic OH excluding ortho intramolecular Hbond substituents is 1. The van der Waals surface area contributed by atoms with Crippen LogP contribution in [0.4, 0.5) is 10.5 Å². The molecule has 160 valence electrons. The SMILES string of the molecule is C[C@@H](CC/C=C/C(=O)NO)[C@H](OC(=O)Nc1ccccc1)c1cc(Br)cc(Br)c1O. The highest BCUT2D eigenvalue weighted by atomic mass is 79.9. The van der Waals surface area contributed by atoms with Gasteiger partial charge >= 0.3 is 6.09 Å². The highest BCUT2D eigenvalue weighted by molar-refractivity contribution is 9.11. The lowest BCUT2D eigenvalue weighted by Gasteiger charge is -2.26. The molecule has 9 heteroatoms. The van der Waals surface area contributed by atoms with Crippen LogP contribution in [0.3, 0.4) is 0 Å². The molecule has 0 aliphatic heterocycles. The number of hydroxylamine groups is 1. The van der Waals surface area contributed by atoms with Gasteiger partial charge in [0.1, 0.15) is 11.9 Å². The van der Waals surface area contributed by atoms with E-state index in [1.165, 1.54) is 11.6 Å². The zero-order valence-corrected chi connectivity index (χ0v) is 19.3. The van der Waals surface area contributed by atoms with Crippen LogP contribution < -0.4 is 10.8 Å². The van der Waals surface area contributed by atoms with Gasteiger partial charge in [0.15, 0.2) is 0 Å². The third-order valence-electron chi connectivity index (χ3n) is 4.30. The number of nitrogens with one attached hydrogen (secondary N) is 2. The van der Waals surface area contributed by atoms with E-state index in [4.69, 9.17) is 9.94 Å². The van der Waals surface area contributed by atoms with Gasteiger partial charge in [0.25, 0.3) is 5.91 Å². The Morgan fingerprint density at radius 1 is 1.20 bits per heavy atom. The molecule has 7 nitrogen and oxygen atoms in total. The number of ether oxygens (including phenoxy) is 1. The molecule has 2 aromatic rings. The molecular weight excluding hydrogens is 520 g/mol. The Kier molecular flexibility index (Phi) is 9.35. The Balaban J connectivity index is 2.20. The molecule has 0 aliphatic rings. The Labute approximate surface area is 191 Å². The van der Waals surface area contributed by atoms with Crippen LogP contribution in [0.5, 0.6) is 5.75 Å². The van der Waals surface area contributed by atoms with Gasteiger partial charge in [0.2, 0.25) is 0 Å². The molecule has 0 bridgehead atoms. The molecule has 0 radical (unpaired) electrons.